The van der Waals surface area contributed by atoms with Crippen molar-refractivity contribution in [1.82, 2.24) is 19.5 Å². The molecule has 6 nitrogen and oxygen atoms in total. The highest BCUT2D eigenvalue weighted by Crippen LogP contribution is 2.28. The average molecular weight is 244 g/mol. The first-order valence-corrected chi connectivity index (χ1v) is 5.94. The van der Waals surface area contributed by atoms with Gasteiger partial charge in [0.1, 0.15) is 0 Å². The van der Waals surface area contributed by atoms with Crippen molar-refractivity contribution in [3.8, 4) is 5.88 Å². The third-order valence-electron chi connectivity index (χ3n) is 3.41. The quantitative estimate of drug-likeness (QED) is 0.715. The van der Waals surface area contributed by atoms with E-state index in [4.69, 9.17) is 0 Å². The van der Waals surface area contributed by atoms with Gasteiger partial charge < -0.3 is 10.0 Å². The minimum atomic E-state index is 0.0845. The summed E-state index contributed by atoms with van der Waals surface area (Å²) >= 11 is 0. The molecule has 1 aliphatic heterocycles. The van der Waals surface area contributed by atoms with Gasteiger partial charge in [-0.15, -0.1) is 0 Å². The molecule has 18 heavy (non-hydrogen) atoms. The summed E-state index contributed by atoms with van der Waals surface area (Å²) in [5.74, 6) is 0.369. The Labute approximate surface area is 105 Å². The number of likely N-dealkylation sites (tertiary alicyclic amines) is 1. The molecule has 2 aromatic rings. The standard InChI is InChI=1S/C11H13BN4O2/c12-11(18)15-4-2-7(6-15)8-5-10(17)16-9(14-8)1-3-13-16/h1,3,5,7,17H,2,4,6,12H2. The second-order valence-electron chi connectivity index (χ2n) is 4.59. The van der Waals surface area contributed by atoms with E-state index in [0.717, 1.165) is 18.7 Å². The van der Waals surface area contributed by atoms with Crippen LogP contribution in [0.1, 0.15) is 18.0 Å². The summed E-state index contributed by atoms with van der Waals surface area (Å²) in [7, 11) is 1.58. The number of nitrogens with zero attached hydrogens (tertiary/aromatic N) is 4. The van der Waals surface area contributed by atoms with Gasteiger partial charge in [0.25, 0.3) is 0 Å². The van der Waals surface area contributed by atoms with E-state index in [-0.39, 0.29) is 17.6 Å². The van der Waals surface area contributed by atoms with Gasteiger partial charge in [0, 0.05) is 31.1 Å². The summed E-state index contributed by atoms with van der Waals surface area (Å²) in [5, 5.41) is 13.8. The monoisotopic (exact) mass is 244 g/mol. The summed E-state index contributed by atoms with van der Waals surface area (Å²) in [4.78, 5) is 17.6. The van der Waals surface area contributed by atoms with E-state index in [1.54, 1.807) is 26.2 Å². The molecule has 1 saturated heterocycles. The summed E-state index contributed by atoms with van der Waals surface area (Å²) < 4.78 is 1.39. The Balaban J connectivity index is 1.93. The van der Waals surface area contributed by atoms with Crippen LogP contribution in [0.3, 0.4) is 0 Å². The van der Waals surface area contributed by atoms with Crippen LogP contribution in [-0.4, -0.2) is 51.3 Å². The van der Waals surface area contributed by atoms with Gasteiger partial charge in [-0.2, -0.15) is 9.61 Å². The zero-order valence-electron chi connectivity index (χ0n) is 10.1. The Bertz CT molecular complexity index is 612. The first kappa shape index (κ1) is 11.1. The summed E-state index contributed by atoms with van der Waals surface area (Å²) in [6, 6.07) is 3.38. The summed E-state index contributed by atoms with van der Waals surface area (Å²) in [5.41, 5.74) is 1.45. The fourth-order valence-electron chi connectivity index (χ4n) is 2.41. The molecule has 1 aliphatic rings. The zero-order chi connectivity index (χ0) is 12.7. The molecule has 0 aromatic carbocycles. The highest BCUT2D eigenvalue weighted by molar-refractivity contribution is 6.56. The van der Waals surface area contributed by atoms with Crippen molar-refractivity contribution in [2.24, 2.45) is 0 Å². The van der Waals surface area contributed by atoms with E-state index in [1.165, 1.54) is 4.52 Å². The summed E-state index contributed by atoms with van der Waals surface area (Å²) in [6.07, 6.45) is 2.48. The van der Waals surface area contributed by atoms with Gasteiger partial charge in [0.05, 0.1) is 11.9 Å². The number of carbonyl (C=O) groups is 1. The molecule has 2 aromatic heterocycles. The van der Waals surface area contributed by atoms with Crippen molar-refractivity contribution in [2.75, 3.05) is 13.1 Å². The van der Waals surface area contributed by atoms with Crippen LogP contribution in [0.15, 0.2) is 18.3 Å². The molecular weight excluding hydrogens is 231 g/mol. The van der Waals surface area contributed by atoms with E-state index < -0.39 is 0 Å². The predicted octanol–water partition coefficient (Wildman–Crippen LogP) is -0.0227. The first-order valence-electron chi connectivity index (χ1n) is 5.94. The molecule has 92 valence electrons. The third-order valence-corrected chi connectivity index (χ3v) is 3.41. The lowest BCUT2D eigenvalue weighted by Gasteiger charge is -2.14. The normalized spacial score (nSPS) is 19.6. The van der Waals surface area contributed by atoms with Gasteiger partial charge in [-0.05, 0) is 6.42 Å². The molecule has 0 radical (unpaired) electrons. The lowest BCUT2D eigenvalue weighted by molar-refractivity contribution is 0.231. The molecule has 0 aliphatic carbocycles. The minimum absolute atomic E-state index is 0.0845. The lowest BCUT2D eigenvalue weighted by atomic mass is 10.0. The van der Waals surface area contributed by atoms with Crippen LogP contribution in [-0.2, 0) is 0 Å². The van der Waals surface area contributed by atoms with Crippen LogP contribution in [0, 0.1) is 0 Å². The Morgan fingerprint density at radius 3 is 3.11 bits per heavy atom. The number of carbonyl (C=O) groups excluding carboxylic acids is 1. The minimum Gasteiger partial charge on any atom is -0.493 e. The van der Waals surface area contributed by atoms with Gasteiger partial charge in [-0.1, -0.05) is 0 Å². The molecule has 3 rings (SSSR count). The predicted molar refractivity (Wildman–Crippen MR) is 67.5 cm³/mol. The van der Waals surface area contributed by atoms with Gasteiger partial charge in [0.2, 0.25) is 13.7 Å². The average Bonchev–Trinajstić information content (AvgIpc) is 2.97. The number of hydrogen-bond acceptors (Lipinski definition) is 4. The van der Waals surface area contributed by atoms with E-state index >= 15 is 0 Å². The fraction of sp³-hybridized carbons (Fsp3) is 0.364. The third kappa shape index (κ3) is 1.71. The molecule has 7 heteroatoms. The SMILES string of the molecule is BC(=O)N1CCC(c2cc(O)n3nccc3n2)C1. The van der Waals surface area contributed by atoms with Crippen LogP contribution in [0.25, 0.3) is 5.65 Å². The first-order chi connectivity index (χ1) is 8.65. The number of aromatic nitrogens is 3. The number of amides is 1. The van der Waals surface area contributed by atoms with Crippen molar-refractivity contribution < 1.29 is 9.90 Å². The lowest BCUT2D eigenvalue weighted by Crippen LogP contribution is -2.26. The van der Waals surface area contributed by atoms with Crippen molar-refractivity contribution in [2.45, 2.75) is 12.3 Å². The maximum atomic E-state index is 11.3. The van der Waals surface area contributed by atoms with Gasteiger partial charge in [-0.3, -0.25) is 4.79 Å². The molecule has 0 bridgehead atoms. The van der Waals surface area contributed by atoms with Crippen LogP contribution >= 0.6 is 0 Å². The van der Waals surface area contributed by atoms with Gasteiger partial charge in [0.15, 0.2) is 11.5 Å². The molecule has 0 spiro atoms. The fourth-order valence-corrected chi connectivity index (χ4v) is 2.41. The van der Waals surface area contributed by atoms with Crippen LogP contribution in [0.4, 0.5) is 4.79 Å². The van der Waals surface area contributed by atoms with E-state index in [0.29, 0.717) is 12.2 Å². The summed E-state index contributed by atoms with van der Waals surface area (Å²) in [6.45, 7) is 1.43. The Morgan fingerprint density at radius 1 is 1.56 bits per heavy atom. The Kier molecular flexibility index (Phi) is 2.46. The Morgan fingerprint density at radius 2 is 2.39 bits per heavy atom. The molecule has 1 unspecified atom stereocenters. The van der Waals surface area contributed by atoms with Crippen molar-refractivity contribution in [3.63, 3.8) is 0 Å². The number of hydrogen-bond donors (Lipinski definition) is 1. The maximum absolute atomic E-state index is 11.3. The molecule has 1 fully saturated rings. The molecule has 1 amide bonds. The van der Waals surface area contributed by atoms with Crippen molar-refractivity contribution >= 4 is 19.3 Å². The van der Waals surface area contributed by atoms with E-state index in [2.05, 4.69) is 10.1 Å². The molecular formula is C11H13BN4O2. The molecule has 1 N–H and O–H groups in total. The zero-order valence-corrected chi connectivity index (χ0v) is 10.1. The maximum Gasteiger partial charge on any atom is 0.215 e. The molecule has 0 saturated carbocycles. The van der Waals surface area contributed by atoms with Gasteiger partial charge in [-0.25, -0.2) is 4.98 Å². The second-order valence-corrected chi connectivity index (χ2v) is 4.59. The smallest absolute Gasteiger partial charge is 0.215 e. The second kappa shape index (κ2) is 4.01. The number of aromatic hydroxyl groups is 1. The van der Waals surface area contributed by atoms with Crippen LogP contribution in [0.5, 0.6) is 5.88 Å². The van der Waals surface area contributed by atoms with Crippen molar-refractivity contribution in [1.29, 1.82) is 0 Å². The highest BCUT2D eigenvalue weighted by Gasteiger charge is 2.26. The van der Waals surface area contributed by atoms with Crippen LogP contribution < -0.4 is 0 Å². The topological polar surface area (TPSA) is 70.7 Å². The van der Waals surface area contributed by atoms with E-state index in [9.17, 15) is 9.90 Å². The highest BCUT2D eigenvalue weighted by atomic mass is 16.3. The number of rotatable bonds is 1. The number of fused-ring (bicyclic) bond motifs is 1. The molecule has 1 atom stereocenters. The van der Waals surface area contributed by atoms with E-state index in [1.807, 2.05) is 4.90 Å². The van der Waals surface area contributed by atoms with Crippen molar-refractivity contribution in [3.05, 3.63) is 24.0 Å². The Hall–Kier alpha value is -2.05. The van der Waals surface area contributed by atoms with Crippen LogP contribution in [0.2, 0.25) is 0 Å². The molecule has 3 heterocycles. The van der Waals surface area contributed by atoms with Gasteiger partial charge >= 0.3 is 0 Å². The largest absolute Gasteiger partial charge is 0.493 e.